The summed E-state index contributed by atoms with van der Waals surface area (Å²) in [4.78, 5) is -0.661. The first-order valence-electron chi connectivity index (χ1n) is 7.58. The molecule has 15 heteroatoms. The Labute approximate surface area is 168 Å². The van der Waals surface area contributed by atoms with Crippen molar-refractivity contribution in [3.63, 3.8) is 0 Å². The number of benzene rings is 2. The van der Waals surface area contributed by atoms with Crippen molar-refractivity contribution in [2.45, 2.75) is 9.79 Å². The van der Waals surface area contributed by atoms with E-state index in [0.29, 0.717) is 0 Å². The van der Waals surface area contributed by atoms with Gasteiger partial charge in [-0.3, -0.25) is 8.74 Å². The molecule has 0 saturated heterocycles. The molecule has 5 N–H and O–H groups in total. The first-order chi connectivity index (χ1) is 13.4. The van der Waals surface area contributed by atoms with E-state index in [9.17, 15) is 25.3 Å². The number of azo groups is 1. The second-order valence-corrected chi connectivity index (χ2v) is 9.70. The molecule has 0 spiro atoms. The van der Waals surface area contributed by atoms with Gasteiger partial charge in [0.2, 0.25) is 0 Å². The highest BCUT2D eigenvalue weighted by Crippen LogP contribution is 2.32. The zero-order valence-corrected chi connectivity index (χ0v) is 17.0. The van der Waals surface area contributed by atoms with Crippen LogP contribution in [0.4, 0.5) is 22.7 Å². The van der Waals surface area contributed by atoms with Crippen LogP contribution in [-0.4, -0.2) is 42.2 Å². The van der Waals surface area contributed by atoms with E-state index in [2.05, 4.69) is 14.4 Å². The maximum Gasteiger partial charge on any atom is 0.296 e. The number of nitrogen functional groups attached to an aromatic ring is 2. The lowest BCUT2D eigenvalue weighted by Crippen LogP contribution is -2.12. The zero-order valence-electron chi connectivity index (χ0n) is 14.5. The van der Waals surface area contributed by atoms with Crippen molar-refractivity contribution in [2.75, 3.05) is 23.8 Å². The van der Waals surface area contributed by atoms with E-state index in [4.69, 9.17) is 16.0 Å². The van der Waals surface area contributed by atoms with Crippen molar-refractivity contribution < 1.29 is 34.0 Å². The first kappa shape index (κ1) is 22.7. The lowest BCUT2D eigenvalue weighted by atomic mass is 10.2. The summed E-state index contributed by atoms with van der Waals surface area (Å²) in [5, 5.41) is 7.61. The Morgan fingerprint density at radius 3 is 2.14 bits per heavy atom. The van der Waals surface area contributed by atoms with Crippen molar-refractivity contribution in [1.82, 2.24) is 0 Å². The molecule has 0 heterocycles. The van der Waals surface area contributed by atoms with E-state index in [-0.39, 0.29) is 27.6 Å². The molecule has 0 radical (unpaired) electrons. The van der Waals surface area contributed by atoms with Crippen molar-refractivity contribution in [3.05, 3.63) is 36.4 Å². The lowest BCUT2D eigenvalue weighted by molar-refractivity contribution is 0.355. The van der Waals surface area contributed by atoms with Gasteiger partial charge >= 0.3 is 0 Å². The van der Waals surface area contributed by atoms with Crippen LogP contribution in [0.1, 0.15) is 0 Å². The second kappa shape index (κ2) is 8.83. The summed E-state index contributed by atoms with van der Waals surface area (Å²) in [6.07, 6.45) is 0. The number of nitrogens with two attached hydrogens (primary N) is 2. The van der Waals surface area contributed by atoms with Gasteiger partial charge < -0.3 is 11.5 Å². The Bertz CT molecular complexity index is 1210. The molecule has 0 atom stereocenters. The summed E-state index contributed by atoms with van der Waals surface area (Å²) in [7, 11) is -11.5. The van der Waals surface area contributed by atoms with Crippen LogP contribution in [0.2, 0.25) is 0 Å². The van der Waals surface area contributed by atoms with Crippen molar-refractivity contribution >= 4 is 53.7 Å². The standard InChI is InChI=1S/C14H16N4O8S3/c15-11-7-12(16)14(29(23,24)25)8-13(11)18-17-9-1-3-10(4-2-9)28(21,22)6-5-26-27(19)20/h1-4,7-8,27H,5-6,15-16H2,(H,23,24,25)/b18-17+. The van der Waals surface area contributed by atoms with E-state index in [1.807, 2.05) is 0 Å². The molecule has 0 bridgehead atoms. The van der Waals surface area contributed by atoms with Crippen LogP contribution in [0, 0.1) is 0 Å². The number of hydrogen-bond donors (Lipinski definition) is 4. The van der Waals surface area contributed by atoms with Crippen LogP contribution in [0.25, 0.3) is 0 Å². The summed E-state index contributed by atoms with van der Waals surface area (Å²) < 4.78 is 80.7. The minimum Gasteiger partial charge on any atom is -0.398 e. The van der Waals surface area contributed by atoms with Gasteiger partial charge in [0.1, 0.15) is 10.6 Å². The van der Waals surface area contributed by atoms with Crippen molar-refractivity contribution in [3.8, 4) is 0 Å². The van der Waals surface area contributed by atoms with Crippen LogP contribution in [0.15, 0.2) is 56.4 Å². The van der Waals surface area contributed by atoms with E-state index in [1.54, 1.807) is 0 Å². The first-order valence-corrected chi connectivity index (χ1v) is 11.8. The number of nitrogens with zero attached hydrogens (tertiary/aromatic N) is 2. The summed E-state index contributed by atoms with van der Waals surface area (Å²) in [5.74, 6) is -0.530. The Morgan fingerprint density at radius 1 is 0.966 bits per heavy atom. The number of thiol groups is 1. The molecule has 2 aromatic rings. The van der Waals surface area contributed by atoms with Gasteiger partial charge in [-0.05, 0) is 36.4 Å². The number of rotatable bonds is 8. The van der Waals surface area contributed by atoms with Gasteiger partial charge in [0, 0.05) is 0 Å². The fourth-order valence-corrected chi connectivity index (χ4v) is 4.15. The zero-order chi connectivity index (χ0) is 21.8. The molecular weight excluding hydrogens is 448 g/mol. The molecule has 0 fully saturated rings. The van der Waals surface area contributed by atoms with Gasteiger partial charge in [-0.25, -0.2) is 16.8 Å². The number of anilines is 2. The molecule has 29 heavy (non-hydrogen) atoms. The van der Waals surface area contributed by atoms with Gasteiger partial charge in [0.05, 0.1) is 34.3 Å². The van der Waals surface area contributed by atoms with Crippen LogP contribution in [0.3, 0.4) is 0 Å². The van der Waals surface area contributed by atoms with Gasteiger partial charge in [0.15, 0.2) is 9.84 Å². The second-order valence-electron chi connectivity index (χ2n) is 5.49. The van der Waals surface area contributed by atoms with Gasteiger partial charge in [-0.1, -0.05) is 0 Å². The van der Waals surface area contributed by atoms with E-state index in [1.165, 1.54) is 24.3 Å². The van der Waals surface area contributed by atoms with Crippen LogP contribution < -0.4 is 11.5 Å². The van der Waals surface area contributed by atoms with E-state index in [0.717, 1.165) is 12.1 Å². The molecular formula is C14H16N4O8S3. The van der Waals surface area contributed by atoms with Crippen molar-refractivity contribution in [1.29, 1.82) is 0 Å². The summed E-state index contributed by atoms with van der Waals surface area (Å²) in [6, 6.07) is 7.16. The predicted molar refractivity (Wildman–Crippen MR) is 104 cm³/mol. The molecule has 0 unspecified atom stereocenters. The molecule has 2 aromatic carbocycles. The molecule has 0 saturated carbocycles. The third-order valence-corrected chi connectivity index (χ3v) is 6.45. The maximum atomic E-state index is 12.1. The fraction of sp³-hybridized carbons (Fsp3) is 0.143. The minimum atomic E-state index is -4.59. The average molecular weight is 465 g/mol. The Morgan fingerprint density at radius 2 is 1.59 bits per heavy atom. The van der Waals surface area contributed by atoms with E-state index >= 15 is 0 Å². The van der Waals surface area contributed by atoms with Gasteiger partial charge in [-0.15, -0.1) is 5.11 Å². The maximum absolute atomic E-state index is 12.1. The highest BCUT2D eigenvalue weighted by Gasteiger charge is 2.17. The molecule has 158 valence electrons. The molecule has 12 nitrogen and oxygen atoms in total. The highest BCUT2D eigenvalue weighted by atomic mass is 32.2. The molecule has 0 aromatic heterocycles. The smallest absolute Gasteiger partial charge is 0.296 e. The molecule has 0 amide bonds. The third kappa shape index (κ3) is 6.20. The van der Waals surface area contributed by atoms with Gasteiger partial charge in [0.25, 0.3) is 21.1 Å². The SMILES string of the molecule is Nc1cc(N)c(S(=O)(=O)O)cc1/N=N/c1ccc(S(=O)(=O)CCO[SH](=O)=O)cc1. The summed E-state index contributed by atoms with van der Waals surface area (Å²) in [6.45, 7) is -0.505. The minimum absolute atomic E-state index is 0.00885. The normalized spacial score (nSPS) is 12.6. The lowest BCUT2D eigenvalue weighted by Gasteiger charge is -2.06. The van der Waals surface area contributed by atoms with Crippen LogP contribution >= 0.6 is 0 Å². The predicted octanol–water partition coefficient (Wildman–Crippen LogP) is 0.830. The Hall–Kier alpha value is -2.59. The third-order valence-electron chi connectivity index (χ3n) is 3.45. The summed E-state index contributed by atoms with van der Waals surface area (Å²) in [5.41, 5.74) is 11.1. The highest BCUT2D eigenvalue weighted by molar-refractivity contribution is 7.91. The Balaban J connectivity index is 2.23. The average Bonchev–Trinajstić information content (AvgIpc) is 2.59. The molecule has 0 aliphatic heterocycles. The molecule has 0 aliphatic carbocycles. The van der Waals surface area contributed by atoms with Gasteiger partial charge in [-0.2, -0.15) is 13.5 Å². The quantitative estimate of drug-likeness (QED) is 0.187. The fourth-order valence-electron chi connectivity index (χ4n) is 2.08. The Kier molecular flexibility index (Phi) is 6.91. The molecule has 2 rings (SSSR count). The van der Waals surface area contributed by atoms with Crippen molar-refractivity contribution in [2.24, 2.45) is 10.2 Å². The number of sulfone groups is 1. The molecule has 0 aliphatic rings. The topological polar surface area (TPSA) is 209 Å². The van der Waals surface area contributed by atoms with Crippen LogP contribution in [-0.2, 0) is 35.1 Å². The van der Waals surface area contributed by atoms with E-state index < -0.39 is 48.2 Å². The summed E-state index contributed by atoms with van der Waals surface area (Å²) >= 11 is 0. The monoisotopic (exact) mass is 464 g/mol. The number of hydrogen-bond acceptors (Lipinski definition) is 11. The largest absolute Gasteiger partial charge is 0.398 e. The van der Waals surface area contributed by atoms with Crippen LogP contribution in [0.5, 0.6) is 0 Å².